The average Bonchev–Trinajstić information content (AvgIpc) is 2.78. The molecular weight excluding hydrogens is 465 g/mol. The third-order valence-electron chi connectivity index (χ3n) is 5.69. The van der Waals surface area contributed by atoms with Crippen molar-refractivity contribution in [1.82, 2.24) is 4.48 Å². The summed E-state index contributed by atoms with van der Waals surface area (Å²) in [7, 11) is 0. The number of nitrogens with zero attached hydrogens (tertiary/aromatic N) is 1. The van der Waals surface area contributed by atoms with E-state index in [0.717, 1.165) is 11.0 Å². The third kappa shape index (κ3) is 6.16. The van der Waals surface area contributed by atoms with E-state index in [1.54, 1.807) is 0 Å². The van der Waals surface area contributed by atoms with Crippen molar-refractivity contribution >= 4 is 17.1 Å². The second kappa shape index (κ2) is 12.8. The van der Waals surface area contributed by atoms with Crippen LogP contribution in [-0.4, -0.2) is 6.54 Å². The van der Waals surface area contributed by atoms with Crippen LogP contribution in [0.4, 0.5) is 17.1 Å². The van der Waals surface area contributed by atoms with E-state index < -0.39 is 0 Å². The van der Waals surface area contributed by atoms with Gasteiger partial charge in [0, 0.05) is 0 Å². The van der Waals surface area contributed by atoms with Crippen molar-refractivity contribution in [1.29, 1.82) is 0 Å². The lowest BCUT2D eigenvalue weighted by Crippen LogP contribution is -3.00. The molecule has 0 saturated heterocycles. The van der Waals surface area contributed by atoms with Gasteiger partial charge in [-0.15, -0.1) is 0 Å². The van der Waals surface area contributed by atoms with Crippen LogP contribution in [0.15, 0.2) is 91.0 Å². The van der Waals surface area contributed by atoms with Crippen LogP contribution < -0.4 is 28.5 Å². The number of hydrogen-bond acceptors (Lipinski definition) is 0. The van der Waals surface area contributed by atoms with Gasteiger partial charge in [0.15, 0.2) is 0 Å². The zero-order chi connectivity index (χ0) is 19.5. The van der Waals surface area contributed by atoms with Gasteiger partial charge >= 0.3 is 0 Å². The number of hydrogen-bond donors (Lipinski definition) is 0. The van der Waals surface area contributed by atoms with Crippen molar-refractivity contribution in [3.8, 4) is 0 Å². The lowest BCUT2D eigenvalue weighted by Gasteiger charge is -2.37. The summed E-state index contributed by atoms with van der Waals surface area (Å²) < 4.78 is 0.789. The molecule has 3 rings (SSSR count). The Morgan fingerprint density at radius 2 is 0.828 bits per heavy atom. The number of rotatable bonds is 11. The van der Waals surface area contributed by atoms with Crippen LogP contribution in [0.5, 0.6) is 0 Å². The van der Waals surface area contributed by atoms with Gasteiger partial charge < -0.3 is 24.0 Å². The van der Waals surface area contributed by atoms with E-state index in [0.29, 0.717) is 0 Å². The summed E-state index contributed by atoms with van der Waals surface area (Å²) in [5.41, 5.74) is 4.02. The Hall–Kier alpha value is -1.65. The Morgan fingerprint density at radius 1 is 0.483 bits per heavy atom. The first-order chi connectivity index (χ1) is 13.9. The normalized spacial score (nSPS) is 11.1. The molecule has 0 aliphatic heterocycles. The summed E-state index contributed by atoms with van der Waals surface area (Å²) in [6.45, 7) is 3.37. The van der Waals surface area contributed by atoms with Crippen LogP contribution in [0.1, 0.15) is 51.9 Å². The maximum Gasteiger partial charge on any atom is 0.143 e. The van der Waals surface area contributed by atoms with Gasteiger partial charge in [0.1, 0.15) is 17.1 Å². The Labute approximate surface area is 194 Å². The molecule has 0 aromatic heterocycles. The minimum atomic E-state index is 0. The molecule has 2 heteroatoms. The van der Waals surface area contributed by atoms with Gasteiger partial charge in [0.25, 0.3) is 0 Å². The zero-order valence-corrected chi connectivity index (χ0v) is 19.8. The number of benzene rings is 3. The molecule has 0 aliphatic rings. The first-order valence-electron chi connectivity index (χ1n) is 10.9. The molecule has 3 aromatic rings. The molecular formula is C27H34IN. The smallest absolute Gasteiger partial charge is 0.143 e. The Kier molecular flexibility index (Phi) is 10.4. The van der Waals surface area contributed by atoms with Gasteiger partial charge in [0.05, 0.1) is 6.54 Å². The molecule has 0 bridgehead atoms. The molecule has 0 heterocycles. The topological polar surface area (TPSA) is 0 Å². The molecule has 0 spiro atoms. The Morgan fingerprint density at radius 3 is 1.21 bits per heavy atom. The van der Waals surface area contributed by atoms with E-state index in [4.69, 9.17) is 0 Å². The van der Waals surface area contributed by atoms with Crippen molar-refractivity contribution < 1.29 is 24.0 Å². The lowest BCUT2D eigenvalue weighted by atomic mass is 10.1. The van der Waals surface area contributed by atoms with E-state index in [9.17, 15) is 0 Å². The van der Waals surface area contributed by atoms with E-state index in [2.05, 4.69) is 97.9 Å². The van der Waals surface area contributed by atoms with Crippen LogP contribution in [0.3, 0.4) is 0 Å². The summed E-state index contributed by atoms with van der Waals surface area (Å²) >= 11 is 0. The highest BCUT2D eigenvalue weighted by Crippen LogP contribution is 2.43. The Bertz CT molecular complexity index is 690. The van der Waals surface area contributed by atoms with E-state index >= 15 is 0 Å². The van der Waals surface area contributed by atoms with Crippen LogP contribution in [0, 0.1) is 0 Å². The lowest BCUT2D eigenvalue weighted by molar-refractivity contribution is -0.00000569. The fourth-order valence-corrected chi connectivity index (χ4v) is 4.19. The average molecular weight is 499 g/mol. The minimum Gasteiger partial charge on any atom is -1.00 e. The van der Waals surface area contributed by atoms with E-state index in [1.165, 1.54) is 62.0 Å². The van der Waals surface area contributed by atoms with Gasteiger partial charge in [-0.1, -0.05) is 93.6 Å². The number of quaternary nitrogens is 1. The van der Waals surface area contributed by atoms with Crippen molar-refractivity contribution in [3.05, 3.63) is 91.0 Å². The highest BCUT2D eigenvalue weighted by molar-refractivity contribution is 5.70. The quantitative estimate of drug-likeness (QED) is 0.188. The van der Waals surface area contributed by atoms with E-state index in [-0.39, 0.29) is 24.0 Å². The molecule has 0 atom stereocenters. The second-order valence-corrected chi connectivity index (χ2v) is 7.66. The summed E-state index contributed by atoms with van der Waals surface area (Å²) in [5, 5.41) is 0. The predicted molar refractivity (Wildman–Crippen MR) is 123 cm³/mol. The predicted octanol–water partition coefficient (Wildman–Crippen LogP) is 5.41. The van der Waals surface area contributed by atoms with Crippen molar-refractivity contribution in [2.75, 3.05) is 6.54 Å². The summed E-state index contributed by atoms with van der Waals surface area (Å²) in [4.78, 5) is 0. The third-order valence-corrected chi connectivity index (χ3v) is 5.69. The van der Waals surface area contributed by atoms with Gasteiger partial charge in [0.2, 0.25) is 0 Å². The number of para-hydroxylation sites is 3. The molecule has 1 nitrogen and oxygen atoms in total. The molecule has 0 radical (unpaired) electrons. The van der Waals surface area contributed by atoms with Crippen LogP contribution in [0.25, 0.3) is 0 Å². The molecule has 0 aliphatic carbocycles. The van der Waals surface area contributed by atoms with Gasteiger partial charge in [-0.3, -0.25) is 0 Å². The number of halogens is 1. The fraction of sp³-hybridized carbons (Fsp3) is 0.333. The molecule has 3 aromatic carbocycles. The maximum atomic E-state index is 2.28. The molecule has 0 saturated carbocycles. The number of unbranched alkanes of at least 4 members (excludes halogenated alkanes) is 6. The zero-order valence-electron chi connectivity index (χ0n) is 17.6. The first-order valence-corrected chi connectivity index (χ1v) is 10.9. The minimum absolute atomic E-state index is 0. The van der Waals surface area contributed by atoms with Gasteiger partial charge in [-0.25, -0.2) is 4.48 Å². The molecule has 0 N–H and O–H groups in total. The summed E-state index contributed by atoms with van der Waals surface area (Å²) in [6.07, 6.45) is 9.32. The SMILES string of the molecule is CCCCCCCCC[N+](c1ccccc1)(c1ccccc1)c1ccccc1.[I-]. The van der Waals surface area contributed by atoms with Gasteiger partial charge in [-0.05, 0) is 49.2 Å². The van der Waals surface area contributed by atoms with Crippen molar-refractivity contribution in [2.24, 2.45) is 0 Å². The monoisotopic (exact) mass is 499 g/mol. The van der Waals surface area contributed by atoms with Crippen molar-refractivity contribution in [3.63, 3.8) is 0 Å². The molecule has 0 amide bonds. The fourth-order valence-electron chi connectivity index (χ4n) is 4.19. The summed E-state index contributed by atoms with van der Waals surface area (Å²) in [6, 6.07) is 33.0. The maximum absolute atomic E-state index is 2.28. The summed E-state index contributed by atoms with van der Waals surface area (Å²) in [5.74, 6) is 0. The van der Waals surface area contributed by atoms with Crippen molar-refractivity contribution in [2.45, 2.75) is 51.9 Å². The molecule has 0 fully saturated rings. The van der Waals surface area contributed by atoms with E-state index in [1.807, 2.05) is 0 Å². The largest absolute Gasteiger partial charge is 1.00 e. The van der Waals surface area contributed by atoms with Crippen LogP contribution in [-0.2, 0) is 0 Å². The highest BCUT2D eigenvalue weighted by Gasteiger charge is 2.35. The standard InChI is InChI=1S/C27H34N.HI/c1-2-3-4-5-6-7-17-24-28(25-18-11-8-12-19-25,26-20-13-9-14-21-26)27-22-15-10-16-23-27;/h8-16,18-23H,2-7,17,24H2,1H3;1H/q+1;/p-1. The second-order valence-electron chi connectivity index (χ2n) is 7.66. The first kappa shape index (κ1) is 23.6. The Balaban J connectivity index is 0.00000300. The van der Waals surface area contributed by atoms with Crippen LogP contribution in [0.2, 0.25) is 0 Å². The van der Waals surface area contributed by atoms with Crippen LogP contribution >= 0.6 is 0 Å². The highest BCUT2D eigenvalue weighted by atomic mass is 127. The molecule has 0 unspecified atom stereocenters. The molecule has 154 valence electrons. The molecule has 29 heavy (non-hydrogen) atoms. The van der Waals surface area contributed by atoms with Gasteiger partial charge in [-0.2, -0.15) is 0 Å².